The fourth-order valence-electron chi connectivity index (χ4n) is 3.53. The van der Waals surface area contributed by atoms with Gasteiger partial charge >= 0.3 is 0 Å². The standard InChI is InChI=1S/C21H28N4O2/c1-16(15-23-20-18(21(22)26)9-6-10-19(20)27-2)24-11-13-25(14-12-24)17-7-4-3-5-8-17/h3-10,16,23H,11-15H2,1-2H3,(H2,22,26). The Morgan fingerprint density at radius 3 is 2.44 bits per heavy atom. The number of nitrogens with two attached hydrogens (primary N) is 1. The second kappa shape index (κ2) is 8.77. The van der Waals surface area contributed by atoms with E-state index in [0.29, 0.717) is 29.6 Å². The number of hydrogen-bond acceptors (Lipinski definition) is 5. The quantitative estimate of drug-likeness (QED) is 0.785. The second-order valence-corrected chi connectivity index (χ2v) is 6.84. The molecule has 0 radical (unpaired) electrons. The largest absolute Gasteiger partial charge is 0.495 e. The predicted octanol–water partition coefficient (Wildman–Crippen LogP) is 2.42. The molecule has 6 nitrogen and oxygen atoms in total. The van der Waals surface area contributed by atoms with Gasteiger partial charge in [0.1, 0.15) is 5.75 Å². The van der Waals surface area contributed by atoms with Crippen molar-refractivity contribution in [3.63, 3.8) is 0 Å². The van der Waals surface area contributed by atoms with Gasteiger partial charge in [0.05, 0.1) is 18.4 Å². The Morgan fingerprint density at radius 2 is 1.81 bits per heavy atom. The maximum atomic E-state index is 11.7. The molecule has 0 bridgehead atoms. The van der Waals surface area contributed by atoms with Crippen molar-refractivity contribution in [2.24, 2.45) is 5.73 Å². The van der Waals surface area contributed by atoms with Crippen LogP contribution in [0.5, 0.6) is 5.75 Å². The highest BCUT2D eigenvalue weighted by molar-refractivity contribution is 5.99. The van der Waals surface area contributed by atoms with Gasteiger partial charge in [-0.15, -0.1) is 0 Å². The minimum absolute atomic E-state index is 0.327. The molecule has 0 aliphatic carbocycles. The van der Waals surface area contributed by atoms with Crippen molar-refractivity contribution in [3.05, 3.63) is 54.1 Å². The molecule has 3 N–H and O–H groups in total. The summed E-state index contributed by atoms with van der Waals surface area (Å²) in [6.45, 7) is 6.94. The van der Waals surface area contributed by atoms with Gasteiger partial charge in [-0.2, -0.15) is 0 Å². The van der Waals surface area contributed by atoms with Crippen LogP contribution in [0, 0.1) is 0 Å². The van der Waals surface area contributed by atoms with Crippen LogP contribution in [0.25, 0.3) is 0 Å². The Morgan fingerprint density at radius 1 is 1.11 bits per heavy atom. The van der Waals surface area contributed by atoms with Crippen LogP contribution in [0.2, 0.25) is 0 Å². The molecule has 144 valence electrons. The van der Waals surface area contributed by atoms with Crippen molar-refractivity contribution in [2.75, 3.05) is 50.1 Å². The molecule has 1 fully saturated rings. The van der Waals surface area contributed by atoms with Gasteiger partial charge in [0.2, 0.25) is 0 Å². The summed E-state index contributed by atoms with van der Waals surface area (Å²) in [7, 11) is 1.59. The van der Waals surface area contributed by atoms with Crippen LogP contribution >= 0.6 is 0 Å². The topological polar surface area (TPSA) is 70.8 Å². The molecule has 1 unspecified atom stereocenters. The van der Waals surface area contributed by atoms with Crippen LogP contribution in [0.4, 0.5) is 11.4 Å². The number of primary amides is 1. The van der Waals surface area contributed by atoms with E-state index in [1.165, 1.54) is 5.69 Å². The Labute approximate surface area is 160 Å². The number of rotatable bonds is 7. The third kappa shape index (κ3) is 4.52. The van der Waals surface area contributed by atoms with E-state index < -0.39 is 5.91 Å². The Kier molecular flexibility index (Phi) is 6.19. The van der Waals surface area contributed by atoms with Gasteiger partial charge in [-0.1, -0.05) is 24.3 Å². The molecule has 0 spiro atoms. The van der Waals surface area contributed by atoms with E-state index in [4.69, 9.17) is 10.5 Å². The first kappa shape index (κ1) is 19.0. The summed E-state index contributed by atoms with van der Waals surface area (Å²) in [6, 6.07) is 16.2. The molecule has 2 aromatic rings. The lowest BCUT2D eigenvalue weighted by Crippen LogP contribution is -2.51. The lowest BCUT2D eigenvalue weighted by molar-refractivity contribution is 0.100. The van der Waals surface area contributed by atoms with Crippen molar-refractivity contribution in [3.8, 4) is 5.75 Å². The molecule has 1 amide bonds. The Hall–Kier alpha value is -2.73. The molecule has 3 rings (SSSR count). The number of hydrogen-bond donors (Lipinski definition) is 2. The maximum Gasteiger partial charge on any atom is 0.250 e. The van der Waals surface area contributed by atoms with Crippen molar-refractivity contribution in [1.29, 1.82) is 0 Å². The first-order valence-corrected chi connectivity index (χ1v) is 9.35. The molecule has 1 atom stereocenters. The zero-order chi connectivity index (χ0) is 19.2. The van der Waals surface area contributed by atoms with E-state index >= 15 is 0 Å². The van der Waals surface area contributed by atoms with Crippen molar-refractivity contribution in [1.82, 2.24) is 4.90 Å². The molecular weight excluding hydrogens is 340 g/mol. The number of piperazine rings is 1. The monoisotopic (exact) mass is 368 g/mol. The van der Waals surface area contributed by atoms with Gasteiger partial charge in [-0.25, -0.2) is 0 Å². The third-order valence-electron chi connectivity index (χ3n) is 5.14. The SMILES string of the molecule is COc1cccc(C(N)=O)c1NCC(C)N1CCN(c2ccccc2)CC1. The molecule has 1 aliphatic rings. The molecule has 0 aromatic heterocycles. The fraction of sp³-hybridized carbons (Fsp3) is 0.381. The number of methoxy groups -OCH3 is 1. The summed E-state index contributed by atoms with van der Waals surface area (Å²) in [5.41, 5.74) is 7.91. The first-order chi connectivity index (χ1) is 13.1. The summed E-state index contributed by atoms with van der Waals surface area (Å²) in [4.78, 5) is 16.6. The van der Waals surface area contributed by atoms with Gasteiger partial charge in [-0.3, -0.25) is 9.69 Å². The van der Waals surface area contributed by atoms with E-state index in [-0.39, 0.29) is 0 Å². The summed E-state index contributed by atoms with van der Waals surface area (Å²) < 4.78 is 5.39. The summed E-state index contributed by atoms with van der Waals surface area (Å²) >= 11 is 0. The molecule has 6 heteroatoms. The highest BCUT2D eigenvalue weighted by atomic mass is 16.5. The average Bonchev–Trinajstić information content (AvgIpc) is 2.72. The number of carbonyl (C=O) groups is 1. The van der Waals surface area contributed by atoms with Crippen LogP contribution < -0.4 is 20.7 Å². The molecule has 1 saturated heterocycles. The van der Waals surface area contributed by atoms with Crippen LogP contribution in [-0.4, -0.2) is 56.7 Å². The van der Waals surface area contributed by atoms with Gasteiger partial charge in [0, 0.05) is 44.5 Å². The number of amides is 1. The van der Waals surface area contributed by atoms with Gasteiger partial charge in [0.15, 0.2) is 0 Å². The number of nitrogens with zero attached hydrogens (tertiary/aromatic N) is 2. The highest BCUT2D eigenvalue weighted by Gasteiger charge is 2.22. The average molecular weight is 368 g/mol. The summed E-state index contributed by atoms with van der Waals surface area (Å²) in [6.07, 6.45) is 0. The molecule has 2 aromatic carbocycles. The molecule has 1 heterocycles. The van der Waals surface area contributed by atoms with Gasteiger partial charge in [-0.05, 0) is 31.2 Å². The smallest absolute Gasteiger partial charge is 0.250 e. The minimum Gasteiger partial charge on any atom is -0.495 e. The Bertz CT molecular complexity index is 758. The number of nitrogens with one attached hydrogen (secondary N) is 1. The van der Waals surface area contributed by atoms with Crippen molar-refractivity contribution in [2.45, 2.75) is 13.0 Å². The molecule has 1 aliphatic heterocycles. The highest BCUT2D eigenvalue weighted by Crippen LogP contribution is 2.28. The predicted molar refractivity (Wildman–Crippen MR) is 110 cm³/mol. The Balaban J connectivity index is 1.58. The van der Waals surface area contributed by atoms with Crippen LogP contribution in [0.3, 0.4) is 0 Å². The molecule has 0 saturated carbocycles. The number of benzene rings is 2. The lowest BCUT2D eigenvalue weighted by Gasteiger charge is -2.39. The van der Waals surface area contributed by atoms with E-state index in [9.17, 15) is 4.79 Å². The molecular formula is C21H28N4O2. The van der Waals surface area contributed by atoms with Gasteiger partial charge in [0.25, 0.3) is 5.91 Å². The number of ether oxygens (including phenoxy) is 1. The zero-order valence-electron chi connectivity index (χ0n) is 16.0. The van der Waals surface area contributed by atoms with Gasteiger partial charge < -0.3 is 20.7 Å². The van der Waals surface area contributed by atoms with E-state index in [0.717, 1.165) is 26.2 Å². The number of para-hydroxylation sites is 2. The fourth-order valence-corrected chi connectivity index (χ4v) is 3.53. The first-order valence-electron chi connectivity index (χ1n) is 9.35. The van der Waals surface area contributed by atoms with Crippen molar-refractivity contribution >= 4 is 17.3 Å². The molecule has 27 heavy (non-hydrogen) atoms. The lowest BCUT2D eigenvalue weighted by atomic mass is 10.1. The van der Waals surface area contributed by atoms with Crippen molar-refractivity contribution < 1.29 is 9.53 Å². The number of carbonyl (C=O) groups excluding carboxylic acids is 1. The summed E-state index contributed by atoms with van der Waals surface area (Å²) in [5, 5.41) is 3.37. The normalized spacial score (nSPS) is 16.0. The zero-order valence-corrected chi connectivity index (χ0v) is 16.0. The van der Waals surface area contributed by atoms with E-state index in [1.807, 2.05) is 12.1 Å². The summed E-state index contributed by atoms with van der Waals surface area (Å²) in [5.74, 6) is 0.174. The van der Waals surface area contributed by atoms with Crippen LogP contribution in [-0.2, 0) is 0 Å². The van der Waals surface area contributed by atoms with Crippen LogP contribution in [0.15, 0.2) is 48.5 Å². The second-order valence-electron chi connectivity index (χ2n) is 6.84. The number of anilines is 2. The van der Waals surface area contributed by atoms with E-state index in [1.54, 1.807) is 19.2 Å². The van der Waals surface area contributed by atoms with E-state index in [2.05, 4.69) is 46.3 Å². The maximum absolute atomic E-state index is 11.7. The minimum atomic E-state index is -0.458. The van der Waals surface area contributed by atoms with Crippen LogP contribution in [0.1, 0.15) is 17.3 Å². The third-order valence-corrected chi connectivity index (χ3v) is 5.14.